The molecule has 1 atom stereocenters. The van der Waals surface area contributed by atoms with Crippen LogP contribution in [0.15, 0.2) is 0 Å². The van der Waals surface area contributed by atoms with E-state index in [-0.39, 0.29) is 0 Å². The predicted molar refractivity (Wildman–Crippen MR) is 88.6 cm³/mol. The number of aromatic nitrogens is 3. The number of thiazole rings is 1. The van der Waals surface area contributed by atoms with Gasteiger partial charge in [0.05, 0.1) is 37.2 Å². The highest BCUT2D eigenvalue weighted by atomic mass is 32.1. The van der Waals surface area contributed by atoms with Crippen LogP contribution in [0.3, 0.4) is 0 Å². The summed E-state index contributed by atoms with van der Waals surface area (Å²) < 4.78 is 7.76. The van der Waals surface area contributed by atoms with E-state index in [1.165, 1.54) is 16.1 Å². The van der Waals surface area contributed by atoms with Gasteiger partial charge in [0.25, 0.3) is 0 Å². The van der Waals surface area contributed by atoms with Crippen molar-refractivity contribution in [1.29, 1.82) is 0 Å². The first-order chi connectivity index (χ1) is 10.5. The maximum absolute atomic E-state index is 5.67. The molecule has 0 aliphatic carbocycles. The van der Waals surface area contributed by atoms with Crippen LogP contribution < -0.4 is 0 Å². The molecule has 1 saturated heterocycles. The Morgan fingerprint density at radius 3 is 2.64 bits per heavy atom. The second kappa shape index (κ2) is 6.10. The van der Waals surface area contributed by atoms with Gasteiger partial charge in [0, 0.05) is 22.7 Å². The van der Waals surface area contributed by atoms with Crippen LogP contribution in [0.4, 0.5) is 0 Å². The molecule has 3 heterocycles. The van der Waals surface area contributed by atoms with E-state index in [2.05, 4.69) is 49.3 Å². The lowest BCUT2D eigenvalue weighted by atomic mass is 10.0. The molecule has 2 aromatic rings. The Balaban J connectivity index is 1.89. The first-order valence-corrected chi connectivity index (χ1v) is 8.53. The summed E-state index contributed by atoms with van der Waals surface area (Å²) in [6, 6.07) is 0.308. The van der Waals surface area contributed by atoms with E-state index in [9.17, 15) is 0 Å². The third-order valence-corrected chi connectivity index (χ3v) is 5.58. The fourth-order valence-corrected chi connectivity index (χ4v) is 3.99. The second-order valence-corrected chi connectivity index (χ2v) is 7.35. The van der Waals surface area contributed by atoms with E-state index < -0.39 is 0 Å². The number of hydrogen-bond acceptors (Lipinski definition) is 5. The summed E-state index contributed by atoms with van der Waals surface area (Å²) in [5.41, 5.74) is 4.77. The van der Waals surface area contributed by atoms with E-state index in [0.717, 1.165) is 42.7 Å². The molecular weight excluding hydrogens is 296 g/mol. The van der Waals surface area contributed by atoms with Gasteiger partial charge < -0.3 is 4.74 Å². The lowest BCUT2D eigenvalue weighted by Crippen LogP contribution is -2.37. The van der Waals surface area contributed by atoms with Crippen molar-refractivity contribution in [2.75, 3.05) is 26.8 Å². The largest absolute Gasteiger partial charge is 0.378 e. The molecule has 0 radical (unpaired) electrons. The number of aryl methyl sites for hydroxylation is 3. The number of morpholine rings is 1. The van der Waals surface area contributed by atoms with Crippen molar-refractivity contribution in [2.24, 2.45) is 0 Å². The van der Waals surface area contributed by atoms with Crippen molar-refractivity contribution >= 4 is 11.3 Å². The van der Waals surface area contributed by atoms with Gasteiger partial charge in [-0.1, -0.05) is 0 Å². The van der Waals surface area contributed by atoms with Gasteiger partial charge in [-0.15, -0.1) is 11.3 Å². The SMILES string of the molecule is Cc1nc(Cn2nc(C)c(C3COCCN3C)c2C)sc1C. The van der Waals surface area contributed by atoms with E-state index >= 15 is 0 Å². The molecule has 1 fully saturated rings. The molecule has 22 heavy (non-hydrogen) atoms. The van der Waals surface area contributed by atoms with Gasteiger partial charge >= 0.3 is 0 Å². The predicted octanol–water partition coefficient (Wildman–Crippen LogP) is 2.62. The van der Waals surface area contributed by atoms with Crippen molar-refractivity contribution in [2.45, 2.75) is 40.3 Å². The van der Waals surface area contributed by atoms with Crippen LogP contribution in [0.2, 0.25) is 0 Å². The van der Waals surface area contributed by atoms with Crippen LogP contribution in [-0.4, -0.2) is 46.5 Å². The standard InChI is InChI=1S/C16H24N4OS/c1-10-13(4)22-15(17-10)8-20-12(3)16(11(2)18-20)14-9-21-7-6-19(14)5/h14H,6-9H2,1-5H3. The van der Waals surface area contributed by atoms with E-state index in [4.69, 9.17) is 9.84 Å². The molecule has 1 aliphatic rings. The van der Waals surface area contributed by atoms with Crippen LogP contribution in [0.25, 0.3) is 0 Å². The highest BCUT2D eigenvalue weighted by Gasteiger charge is 2.27. The summed E-state index contributed by atoms with van der Waals surface area (Å²) in [5.74, 6) is 0. The molecule has 5 nitrogen and oxygen atoms in total. The quantitative estimate of drug-likeness (QED) is 0.872. The number of likely N-dealkylation sites (N-methyl/N-ethyl adjacent to an activating group) is 1. The molecule has 6 heteroatoms. The van der Waals surface area contributed by atoms with E-state index in [1.54, 1.807) is 11.3 Å². The Bertz CT molecular complexity index is 656. The Kier molecular flexibility index (Phi) is 4.34. The topological polar surface area (TPSA) is 43.2 Å². The zero-order valence-electron chi connectivity index (χ0n) is 14.0. The lowest BCUT2D eigenvalue weighted by Gasteiger charge is -2.32. The van der Waals surface area contributed by atoms with Gasteiger partial charge in [-0.05, 0) is 34.7 Å². The van der Waals surface area contributed by atoms with Gasteiger partial charge in [-0.3, -0.25) is 9.58 Å². The molecule has 1 unspecified atom stereocenters. The van der Waals surface area contributed by atoms with E-state index in [1.807, 2.05) is 0 Å². The Labute approximate surface area is 135 Å². The second-order valence-electron chi connectivity index (χ2n) is 6.06. The van der Waals surface area contributed by atoms with Crippen LogP contribution in [0, 0.1) is 27.7 Å². The van der Waals surface area contributed by atoms with Crippen molar-refractivity contribution < 1.29 is 4.74 Å². The van der Waals surface area contributed by atoms with Crippen molar-refractivity contribution in [1.82, 2.24) is 19.7 Å². The summed E-state index contributed by atoms with van der Waals surface area (Å²) in [6.45, 7) is 11.7. The minimum atomic E-state index is 0.308. The molecule has 120 valence electrons. The minimum absolute atomic E-state index is 0.308. The summed E-state index contributed by atoms with van der Waals surface area (Å²) in [4.78, 5) is 8.29. The molecule has 1 aliphatic heterocycles. The monoisotopic (exact) mass is 320 g/mol. The summed E-state index contributed by atoms with van der Waals surface area (Å²) in [5, 5.41) is 5.88. The third-order valence-electron chi connectivity index (χ3n) is 4.52. The third kappa shape index (κ3) is 2.83. The fourth-order valence-electron chi connectivity index (χ4n) is 3.07. The molecule has 0 spiro atoms. The van der Waals surface area contributed by atoms with Crippen LogP contribution in [0.5, 0.6) is 0 Å². The van der Waals surface area contributed by atoms with Gasteiger partial charge in [-0.2, -0.15) is 5.10 Å². The van der Waals surface area contributed by atoms with Gasteiger partial charge in [0.15, 0.2) is 0 Å². The minimum Gasteiger partial charge on any atom is -0.378 e. The lowest BCUT2D eigenvalue weighted by molar-refractivity contribution is 0.00457. The van der Waals surface area contributed by atoms with Gasteiger partial charge in [-0.25, -0.2) is 4.98 Å². The van der Waals surface area contributed by atoms with Crippen molar-refractivity contribution in [3.05, 3.63) is 32.5 Å². The number of hydrogen-bond donors (Lipinski definition) is 0. The van der Waals surface area contributed by atoms with Crippen molar-refractivity contribution in [3.63, 3.8) is 0 Å². The number of ether oxygens (including phenoxy) is 1. The van der Waals surface area contributed by atoms with Crippen LogP contribution >= 0.6 is 11.3 Å². The number of rotatable bonds is 3. The Morgan fingerprint density at radius 1 is 1.23 bits per heavy atom. The van der Waals surface area contributed by atoms with Gasteiger partial charge in [0.2, 0.25) is 0 Å². The number of nitrogens with zero attached hydrogens (tertiary/aromatic N) is 4. The first kappa shape index (κ1) is 15.6. The molecule has 0 bridgehead atoms. The molecule has 0 N–H and O–H groups in total. The van der Waals surface area contributed by atoms with E-state index in [0.29, 0.717) is 6.04 Å². The summed E-state index contributed by atoms with van der Waals surface area (Å²) in [6.07, 6.45) is 0. The van der Waals surface area contributed by atoms with Crippen LogP contribution in [0.1, 0.15) is 38.6 Å². The molecule has 0 amide bonds. The smallest absolute Gasteiger partial charge is 0.115 e. The maximum Gasteiger partial charge on any atom is 0.115 e. The first-order valence-electron chi connectivity index (χ1n) is 7.72. The summed E-state index contributed by atoms with van der Waals surface area (Å²) in [7, 11) is 2.16. The summed E-state index contributed by atoms with van der Waals surface area (Å²) >= 11 is 1.76. The van der Waals surface area contributed by atoms with Crippen molar-refractivity contribution in [3.8, 4) is 0 Å². The average Bonchev–Trinajstić information content (AvgIpc) is 2.92. The molecule has 2 aromatic heterocycles. The molecule has 0 aromatic carbocycles. The molecule has 3 rings (SSSR count). The normalized spacial score (nSPS) is 19.8. The fraction of sp³-hybridized carbons (Fsp3) is 0.625. The van der Waals surface area contributed by atoms with Crippen LogP contribution in [-0.2, 0) is 11.3 Å². The zero-order valence-corrected chi connectivity index (χ0v) is 14.8. The zero-order chi connectivity index (χ0) is 15.9. The molecule has 0 saturated carbocycles. The van der Waals surface area contributed by atoms with Gasteiger partial charge in [0.1, 0.15) is 5.01 Å². The Morgan fingerprint density at radius 2 is 2.00 bits per heavy atom. The molecular formula is C16H24N4OS. The maximum atomic E-state index is 5.67. The highest BCUT2D eigenvalue weighted by molar-refractivity contribution is 7.11. The average molecular weight is 320 g/mol. The highest BCUT2D eigenvalue weighted by Crippen LogP contribution is 2.29. The Hall–Kier alpha value is -1.24.